The van der Waals surface area contributed by atoms with Crippen LogP contribution in [0, 0.1) is 6.92 Å². The number of benzene rings is 3. The van der Waals surface area contributed by atoms with Gasteiger partial charge in [0.1, 0.15) is 11.5 Å². The summed E-state index contributed by atoms with van der Waals surface area (Å²) in [5, 5.41) is 5.72. The fourth-order valence-electron chi connectivity index (χ4n) is 3.43. The largest absolute Gasteiger partial charge is 0.495 e. The van der Waals surface area contributed by atoms with Gasteiger partial charge < -0.3 is 20.1 Å². The van der Waals surface area contributed by atoms with Crippen LogP contribution in [0.4, 0.5) is 10.5 Å². The van der Waals surface area contributed by atoms with E-state index < -0.39 is 0 Å². The molecule has 0 radical (unpaired) electrons. The Hall–Kier alpha value is -3.47. The lowest BCUT2D eigenvalue weighted by atomic mass is 10.0. The monoisotopic (exact) mass is 388 g/mol. The zero-order valence-electron chi connectivity index (χ0n) is 16.6. The van der Waals surface area contributed by atoms with E-state index in [0.717, 1.165) is 35.5 Å². The van der Waals surface area contributed by atoms with Crippen LogP contribution in [-0.2, 0) is 13.0 Å². The molecule has 1 heterocycles. The maximum Gasteiger partial charge on any atom is 0.319 e. The molecule has 4 rings (SSSR count). The lowest BCUT2D eigenvalue weighted by molar-refractivity contribution is 0.251. The van der Waals surface area contributed by atoms with E-state index in [1.807, 2.05) is 43.3 Å². The number of hydrogen-bond acceptors (Lipinski definition) is 3. The molecular formula is C24H24N2O3. The van der Waals surface area contributed by atoms with E-state index in [-0.39, 0.29) is 6.03 Å². The smallest absolute Gasteiger partial charge is 0.319 e. The Balaban J connectivity index is 1.36. The van der Waals surface area contributed by atoms with Gasteiger partial charge in [-0.25, -0.2) is 4.79 Å². The molecule has 3 aromatic carbocycles. The normalized spacial score (nSPS) is 12.1. The van der Waals surface area contributed by atoms with Gasteiger partial charge in [-0.2, -0.15) is 0 Å². The second kappa shape index (κ2) is 8.27. The lowest BCUT2D eigenvalue weighted by Crippen LogP contribution is -2.28. The Morgan fingerprint density at radius 1 is 1.03 bits per heavy atom. The molecule has 29 heavy (non-hydrogen) atoms. The quantitative estimate of drug-likeness (QED) is 0.652. The molecule has 1 aliphatic heterocycles. The zero-order chi connectivity index (χ0) is 20.2. The number of fused-ring (bicyclic) bond motifs is 1. The average molecular weight is 388 g/mol. The summed E-state index contributed by atoms with van der Waals surface area (Å²) in [6, 6.07) is 19.9. The first-order valence-corrected chi connectivity index (χ1v) is 9.67. The minimum absolute atomic E-state index is 0.269. The fourth-order valence-corrected chi connectivity index (χ4v) is 3.43. The van der Waals surface area contributed by atoms with Crippen LogP contribution in [-0.4, -0.2) is 19.7 Å². The van der Waals surface area contributed by atoms with Crippen molar-refractivity contribution in [2.24, 2.45) is 0 Å². The summed E-state index contributed by atoms with van der Waals surface area (Å²) >= 11 is 0. The second-order valence-corrected chi connectivity index (χ2v) is 7.13. The highest BCUT2D eigenvalue weighted by atomic mass is 16.5. The molecule has 148 valence electrons. The van der Waals surface area contributed by atoms with E-state index >= 15 is 0 Å². The van der Waals surface area contributed by atoms with Crippen LogP contribution in [0.15, 0.2) is 60.7 Å². The third kappa shape index (κ3) is 4.35. The Labute approximate surface area is 170 Å². The number of hydrogen-bond donors (Lipinski definition) is 2. The predicted octanol–water partition coefficient (Wildman–Crippen LogP) is 4.93. The highest BCUT2D eigenvalue weighted by Crippen LogP contribution is 2.30. The van der Waals surface area contributed by atoms with Crippen molar-refractivity contribution >= 4 is 11.7 Å². The standard InChI is InChI=1S/C24H24N2O3/c1-16-3-9-21(23(13-16)28-2)26-24(27)25-15-17-4-6-18(7-5-17)19-8-10-22-20(14-19)11-12-29-22/h3-10,13-14H,11-12,15H2,1-2H3,(H2,25,26,27). The van der Waals surface area contributed by atoms with E-state index in [4.69, 9.17) is 9.47 Å². The van der Waals surface area contributed by atoms with Crippen molar-refractivity contribution in [3.05, 3.63) is 77.4 Å². The number of carbonyl (C=O) groups is 1. The average Bonchev–Trinajstić information content (AvgIpc) is 3.22. The maximum absolute atomic E-state index is 12.2. The molecule has 1 aliphatic rings. The number of anilines is 1. The van der Waals surface area contributed by atoms with Gasteiger partial charge in [-0.1, -0.05) is 36.4 Å². The third-order valence-corrected chi connectivity index (χ3v) is 5.04. The summed E-state index contributed by atoms with van der Waals surface area (Å²) in [6.45, 7) is 3.19. The number of ether oxygens (including phenoxy) is 2. The Morgan fingerprint density at radius 2 is 1.83 bits per heavy atom. The molecule has 0 unspecified atom stereocenters. The minimum atomic E-state index is -0.269. The molecule has 0 spiro atoms. The van der Waals surface area contributed by atoms with Gasteiger partial charge in [0.2, 0.25) is 0 Å². The maximum atomic E-state index is 12.2. The number of urea groups is 1. The lowest BCUT2D eigenvalue weighted by Gasteiger charge is -2.12. The van der Waals surface area contributed by atoms with E-state index in [1.54, 1.807) is 7.11 Å². The molecule has 2 amide bonds. The van der Waals surface area contributed by atoms with Crippen molar-refractivity contribution in [1.29, 1.82) is 0 Å². The van der Waals surface area contributed by atoms with Gasteiger partial charge in [-0.15, -0.1) is 0 Å². The van der Waals surface area contributed by atoms with Crippen LogP contribution < -0.4 is 20.1 Å². The van der Waals surface area contributed by atoms with E-state index in [1.165, 1.54) is 11.1 Å². The van der Waals surface area contributed by atoms with Gasteiger partial charge in [0, 0.05) is 13.0 Å². The van der Waals surface area contributed by atoms with E-state index in [0.29, 0.717) is 18.0 Å². The molecule has 0 aliphatic carbocycles. The van der Waals surface area contributed by atoms with Crippen molar-refractivity contribution in [2.45, 2.75) is 19.9 Å². The molecule has 5 nitrogen and oxygen atoms in total. The number of nitrogens with one attached hydrogen (secondary N) is 2. The number of methoxy groups -OCH3 is 1. The van der Waals surface area contributed by atoms with Crippen LogP contribution in [0.2, 0.25) is 0 Å². The number of rotatable bonds is 5. The minimum Gasteiger partial charge on any atom is -0.495 e. The molecule has 0 fully saturated rings. The van der Waals surface area contributed by atoms with Crippen LogP contribution in [0.1, 0.15) is 16.7 Å². The third-order valence-electron chi connectivity index (χ3n) is 5.04. The fraction of sp³-hybridized carbons (Fsp3) is 0.208. The van der Waals surface area contributed by atoms with Crippen LogP contribution in [0.3, 0.4) is 0 Å². The van der Waals surface area contributed by atoms with Crippen LogP contribution in [0.5, 0.6) is 11.5 Å². The molecule has 0 saturated carbocycles. The highest BCUT2D eigenvalue weighted by Gasteiger charge is 2.12. The predicted molar refractivity (Wildman–Crippen MR) is 115 cm³/mol. The molecule has 0 saturated heterocycles. The molecular weight excluding hydrogens is 364 g/mol. The summed E-state index contributed by atoms with van der Waals surface area (Å²) in [5.41, 5.74) is 6.34. The Morgan fingerprint density at radius 3 is 2.62 bits per heavy atom. The summed E-state index contributed by atoms with van der Waals surface area (Å²) < 4.78 is 10.9. The number of amides is 2. The van der Waals surface area contributed by atoms with Gasteiger partial charge >= 0.3 is 6.03 Å². The van der Waals surface area contributed by atoms with Crippen molar-refractivity contribution < 1.29 is 14.3 Å². The van der Waals surface area contributed by atoms with Crippen molar-refractivity contribution in [2.75, 3.05) is 19.0 Å². The van der Waals surface area contributed by atoms with Gasteiger partial charge in [0.25, 0.3) is 0 Å². The van der Waals surface area contributed by atoms with E-state index in [2.05, 4.69) is 34.9 Å². The summed E-state index contributed by atoms with van der Waals surface area (Å²) in [6.07, 6.45) is 0.964. The molecule has 2 N–H and O–H groups in total. The Bertz CT molecular complexity index is 1030. The second-order valence-electron chi connectivity index (χ2n) is 7.13. The molecule has 3 aromatic rings. The van der Waals surface area contributed by atoms with Crippen LogP contribution in [0.25, 0.3) is 11.1 Å². The van der Waals surface area contributed by atoms with Crippen molar-refractivity contribution in [3.63, 3.8) is 0 Å². The summed E-state index contributed by atoms with van der Waals surface area (Å²) in [7, 11) is 1.59. The first kappa shape index (κ1) is 18.9. The number of carbonyl (C=O) groups excluding carboxylic acids is 1. The molecule has 0 atom stereocenters. The topological polar surface area (TPSA) is 59.6 Å². The first-order valence-electron chi connectivity index (χ1n) is 9.67. The first-order chi connectivity index (χ1) is 14.1. The van der Waals surface area contributed by atoms with Gasteiger partial charge in [-0.05, 0) is 59.0 Å². The van der Waals surface area contributed by atoms with Gasteiger partial charge in [0.05, 0.1) is 19.4 Å². The molecule has 0 aromatic heterocycles. The van der Waals surface area contributed by atoms with Gasteiger partial charge in [0.15, 0.2) is 0 Å². The van der Waals surface area contributed by atoms with Crippen LogP contribution >= 0.6 is 0 Å². The van der Waals surface area contributed by atoms with Crippen molar-refractivity contribution in [1.82, 2.24) is 5.32 Å². The van der Waals surface area contributed by atoms with E-state index in [9.17, 15) is 4.79 Å². The molecule has 5 heteroatoms. The summed E-state index contributed by atoms with van der Waals surface area (Å²) in [5.74, 6) is 1.63. The summed E-state index contributed by atoms with van der Waals surface area (Å²) in [4.78, 5) is 12.2. The van der Waals surface area contributed by atoms with Crippen molar-refractivity contribution in [3.8, 4) is 22.6 Å². The van der Waals surface area contributed by atoms with Gasteiger partial charge in [-0.3, -0.25) is 0 Å². The highest BCUT2D eigenvalue weighted by molar-refractivity contribution is 5.91. The SMILES string of the molecule is COc1cc(C)ccc1NC(=O)NCc1ccc(-c2ccc3c(c2)CCO3)cc1. The zero-order valence-corrected chi connectivity index (χ0v) is 16.6. The molecule has 0 bridgehead atoms. The number of aryl methyl sites for hydroxylation is 1. The Kier molecular flexibility index (Phi) is 5.38.